The first-order valence-electron chi connectivity index (χ1n) is 11.1. The molecular formula is C25H25FN6O2S2. The molecule has 0 aliphatic heterocycles. The van der Waals surface area contributed by atoms with Crippen LogP contribution in [0.15, 0.2) is 65.3 Å². The first kappa shape index (κ1) is 25.5. The highest BCUT2D eigenvalue weighted by Crippen LogP contribution is 2.24. The van der Waals surface area contributed by atoms with Crippen LogP contribution in [0, 0.1) is 5.82 Å². The Bertz CT molecular complexity index is 1330. The van der Waals surface area contributed by atoms with Gasteiger partial charge >= 0.3 is 0 Å². The Labute approximate surface area is 216 Å². The standard InChI is InChI=1S/C25H25FN6O2S2/c1-25(2,3)17-6-4-16(5-7-17)22(34)28-14-20-30-31-24(32(20)19-10-8-18(26)9-11-19)36-15-21(33)29-23-27-12-13-35-23/h4-13H,14-15H2,1-3H3,(H,28,34)(H,27,29,33). The zero-order chi connectivity index (χ0) is 25.7. The van der Waals surface area contributed by atoms with Gasteiger partial charge in [0, 0.05) is 22.8 Å². The van der Waals surface area contributed by atoms with Crippen LogP contribution in [0.25, 0.3) is 5.69 Å². The van der Waals surface area contributed by atoms with Crippen molar-refractivity contribution in [1.29, 1.82) is 0 Å². The lowest BCUT2D eigenvalue weighted by atomic mass is 9.87. The van der Waals surface area contributed by atoms with Crippen molar-refractivity contribution >= 4 is 40.0 Å². The molecule has 0 radical (unpaired) electrons. The zero-order valence-electron chi connectivity index (χ0n) is 20.0. The number of thioether (sulfide) groups is 1. The Hall–Kier alpha value is -3.57. The van der Waals surface area contributed by atoms with Crippen molar-refractivity contribution < 1.29 is 14.0 Å². The monoisotopic (exact) mass is 524 g/mol. The molecule has 0 atom stereocenters. The summed E-state index contributed by atoms with van der Waals surface area (Å²) in [5.41, 5.74) is 2.27. The molecule has 2 aromatic carbocycles. The summed E-state index contributed by atoms with van der Waals surface area (Å²) >= 11 is 2.51. The summed E-state index contributed by atoms with van der Waals surface area (Å²) in [5.74, 6) is -0.342. The van der Waals surface area contributed by atoms with Crippen molar-refractivity contribution in [3.8, 4) is 5.69 Å². The van der Waals surface area contributed by atoms with Gasteiger partial charge in [0.25, 0.3) is 5.91 Å². The molecule has 4 aromatic rings. The Morgan fingerprint density at radius 2 is 1.78 bits per heavy atom. The highest BCUT2D eigenvalue weighted by atomic mass is 32.2. The van der Waals surface area contributed by atoms with Crippen molar-refractivity contribution in [1.82, 2.24) is 25.1 Å². The molecule has 2 N–H and O–H groups in total. The molecule has 0 aliphatic rings. The van der Waals surface area contributed by atoms with Gasteiger partial charge in [-0.2, -0.15) is 0 Å². The van der Waals surface area contributed by atoms with E-state index in [4.69, 9.17) is 0 Å². The second-order valence-corrected chi connectivity index (χ2v) is 10.7. The molecule has 0 saturated heterocycles. The summed E-state index contributed by atoms with van der Waals surface area (Å²) in [6.45, 7) is 6.43. The number of carbonyl (C=O) groups excluding carboxylic acids is 2. The van der Waals surface area contributed by atoms with E-state index in [1.165, 1.54) is 35.2 Å². The fourth-order valence-corrected chi connectivity index (χ4v) is 4.63. The van der Waals surface area contributed by atoms with Crippen molar-refractivity contribution in [2.45, 2.75) is 37.9 Å². The molecule has 0 spiro atoms. The maximum atomic E-state index is 13.5. The van der Waals surface area contributed by atoms with Gasteiger partial charge in [0.15, 0.2) is 16.1 Å². The maximum Gasteiger partial charge on any atom is 0.251 e. The first-order valence-corrected chi connectivity index (χ1v) is 13.0. The van der Waals surface area contributed by atoms with Crippen LogP contribution in [-0.2, 0) is 16.8 Å². The zero-order valence-corrected chi connectivity index (χ0v) is 21.6. The number of carbonyl (C=O) groups is 2. The number of halogens is 1. The van der Waals surface area contributed by atoms with E-state index >= 15 is 0 Å². The van der Waals surface area contributed by atoms with E-state index in [1.807, 2.05) is 12.1 Å². The molecule has 0 fully saturated rings. The molecule has 0 bridgehead atoms. The number of aromatic nitrogens is 4. The van der Waals surface area contributed by atoms with E-state index < -0.39 is 0 Å². The Balaban J connectivity index is 1.49. The number of amides is 2. The number of rotatable bonds is 8. The average molecular weight is 525 g/mol. The SMILES string of the molecule is CC(C)(C)c1ccc(C(=O)NCc2nnc(SCC(=O)Nc3nccs3)n2-c2ccc(F)cc2)cc1. The molecule has 4 rings (SSSR count). The van der Waals surface area contributed by atoms with Gasteiger partial charge in [-0.15, -0.1) is 21.5 Å². The third kappa shape index (κ3) is 6.35. The van der Waals surface area contributed by atoms with Crippen LogP contribution < -0.4 is 10.6 Å². The Morgan fingerprint density at radius 3 is 2.42 bits per heavy atom. The van der Waals surface area contributed by atoms with Gasteiger partial charge in [-0.05, 0) is 47.4 Å². The van der Waals surface area contributed by atoms with Gasteiger partial charge < -0.3 is 10.6 Å². The van der Waals surface area contributed by atoms with Crippen LogP contribution in [0.4, 0.5) is 9.52 Å². The van der Waals surface area contributed by atoms with E-state index in [0.29, 0.717) is 27.4 Å². The number of hydrogen-bond donors (Lipinski definition) is 2. The molecule has 2 heterocycles. The second-order valence-electron chi connectivity index (χ2n) is 8.89. The third-order valence-electron chi connectivity index (χ3n) is 5.22. The Kier molecular flexibility index (Phi) is 7.80. The van der Waals surface area contributed by atoms with Gasteiger partial charge in [-0.3, -0.25) is 14.2 Å². The molecule has 11 heteroatoms. The fourth-order valence-electron chi connectivity index (χ4n) is 3.31. The van der Waals surface area contributed by atoms with Crippen LogP contribution in [-0.4, -0.2) is 37.3 Å². The molecule has 186 valence electrons. The van der Waals surface area contributed by atoms with Crippen LogP contribution in [0.5, 0.6) is 0 Å². The molecule has 2 aromatic heterocycles. The lowest BCUT2D eigenvalue weighted by Crippen LogP contribution is -2.25. The minimum Gasteiger partial charge on any atom is -0.345 e. The quantitative estimate of drug-likeness (QED) is 0.321. The summed E-state index contributed by atoms with van der Waals surface area (Å²) in [4.78, 5) is 29.1. The molecule has 0 aliphatic carbocycles. The predicted molar refractivity (Wildman–Crippen MR) is 139 cm³/mol. The van der Waals surface area contributed by atoms with E-state index in [2.05, 4.69) is 46.6 Å². The molecule has 36 heavy (non-hydrogen) atoms. The predicted octanol–water partition coefficient (Wildman–Crippen LogP) is 4.82. The number of thiazole rings is 1. The van der Waals surface area contributed by atoms with Gasteiger partial charge in [0.05, 0.1) is 12.3 Å². The summed E-state index contributed by atoms with van der Waals surface area (Å²) in [6.07, 6.45) is 1.61. The smallest absolute Gasteiger partial charge is 0.251 e. The summed E-state index contributed by atoms with van der Waals surface area (Å²) in [5, 5.41) is 16.7. The first-order chi connectivity index (χ1) is 17.2. The fraction of sp³-hybridized carbons (Fsp3) is 0.240. The maximum absolute atomic E-state index is 13.5. The number of hydrogen-bond acceptors (Lipinski definition) is 7. The van der Waals surface area contributed by atoms with Crippen molar-refractivity contribution in [2.75, 3.05) is 11.1 Å². The summed E-state index contributed by atoms with van der Waals surface area (Å²) in [7, 11) is 0. The number of nitrogens with zero attached hydrogens (tertiary/aromatic N) is 4. The van der Waals surface area contributed by atoms with E-state index in [1.54, 1.807) is 40.4 Å². The molecule has 8 nitrogen and oxygen atoms in total. The van der Waals surface area contributed by atoms with E-state index in [9.17, 15) is 14.0 Å². The minimum absolute atomic E-state index is 0.00810. The summed E-state index contributed by atoms with van der Waals surface area (Å²) < 4.78 is 15.2. The van der Waals surface area contributed by atoms with E-state index in [-0.39, 0.29) is 35.3 Å². The largest absolute Gasteiger partial charge is 0.345 e. The number of anilines is 1. The third-order valence-corrected chi connectivity index (χ3v) is 6.83. The molecule has 0 unspecified atom stereocenters. The highest BCUT2D eigenvalue weighted by molar-refractivity contribution is 7.99. The molecule has 2 amide bonds. The molecular weight excluding hydrogens is 499 g/mol. The number of benzene rings is 2. The van der Waals surface area contributed by atoms with Crippen LogP contribution >= 0.6 is 23.1 Å². The van der Waals surface area contributed by atoms with Gasteiger partial charge in [-0.25, -0.2) is 9.37 Å². The van der Waals surface area contributed by atoms with Crippen LogP contribution in [0.2, 0.25) is 0 Å². The normalized spacial score (nSPS) is 11.3. The number of nitrogens with one attached hydrogen (secondary N) is 2. The summed E-state index contributed by atoms with van der Waals surface area (Å²) in [6, 6.07) is 13.3. The van der Waals surface area contributed by atoms with Crippen LogP contribution in [0.1, 0.15) is 42.5 Å². The van der Waals surface area contributed by atoms with Crippen molar-refractivity contribution in [3.63, 3.8) is 0 Å². The second kappa shape index (κ2) is 11.0. The lowest BCUT2D eigenvalue weighted by molar-refractivity contribution is -0.113. The van der Waals surface area contributed by atoms with Crippen LogP contribution in [0.3, 0.4) is 0 Å². The highest BCUT2D eigenvalue weighted by Gasteiger charge is 2.18. The average Bonchev–Trinajstić information content (AvgIpc) is 3.51. The molecule has 0 saturated carbocycles. The topological polar surface area (TPSA) is 102 Å². The van der Waals surface area contributed by atoms with Gasteiger partial charge in [0.2, 0.25) is 5.91 Å². The van der Waals surface area contributed by atoms with E-state index in [0.717, 1.165) is 5.56 Å². The van der Waals surface area contributed by atoms with Crippen molar-refractivity contribution in [3.05, 3.63) is 82.9 Å². The lowest BCUT2D eigenvalue weighted by Gasteiger charge is -2.19. The minimum atomic E-state index is -0.377. The van der Waals surface area contributed by atoms with Gasteiger partial charge in [0.1, 0.15) is 5.82 Å². The Morgan fingerprint density at radius 1 is 1.06 bits per heavy atom. The van der Waals surface area contributed by atoms with Gasteiger partial charge in [-0.1, -0.05) is 44.7 Å². The van der Waals surface area contributed by atoms with Crippen molar-refractivity contribution in [2.24, 2.45) is 0 Å².